The maximum absolute atomic E-state index is 12.0. The molecule has 0 bridgehead atoms. The SMILES string of the molecule is COC(=O)c1ccc(NC(=O)/C=C/c2cccc(OC(C)C)c2)cc1. The summed E-state index contributed by atoms with van der Waals surface area (Å²) in [7, 11) is 1.32. The number of nitrogens with one attached hydrogen (secondary N) is 1. The number of esters is 1. The van der Waals surface area contributed by atoms with Crippen LogP contribution < -0.4 is 10.1 Å². The van der Waals surface area contributed by atoms with E-state index in [1.54, 1.807) is 30.3 Å². The van der Waals surface area contributed by atoms with Crippen LogP contribution >= 0.6 is 0 Å². The zero-order valence-electron chi connectivity index (χ0n) is 14.5. The number of amides is 1. The predicted octanol–water partition coefficient (Wildman–Crippen LogP) is 3.91. The zero-order chi connectivity index (χ0) is 18.2. The Bertz CT molecular complexity index is 764. The van der Waals surface area contributed by atoms with Crippen molar-refractivity contribution in [3.8, 4) is 5.75 Å². The van der Waals surface area contributed by atoms with E-state index in [2.05, 4.69) is 10.1 Å². The lowest BCUT2D eigenvalue weighted by atomic mass is 10.2. The van der Waals surface area contributed by atoms with Crippen molar-refractivity contribution in [2.45, 2.75) is 20.0 Å². The van der Waals surface area contributed by atoms with Gasteiger partial charge in [-0.05, 0) is 61.9 Å². The third kappa shape index (κ3) is 5.80. The van der Waals surface area contributed by atoms with Crippen molar-refractivity contribution in [2.24, 2.45) is 0 Å². The third-order valence-corrected chi connectivity index (χ3v) is 3.23. The van der Waals surface area contributed by atoms with Gasteiger partial charge in [-0.1, -0.05) is 12.1 Å². The second-order valence-corrected chi connectivity index (χ2v) is 5.63. The molecule has 0 atom stereocenters. The maximum Gasteiger partial charge on any atom is 0.337 e. The van der Waals surface area contributed by atoms with Crippen LogP contribution in [0.15, 0.2) is 54.6 Å². The number of hydrogen-bond acceptors (Lipinski definition) is 4. The van der Waals surface area contributed by atoms with E-state index in [1.807, 2.05) is 38.1 Å². The molecular weight excluding hydrogens is 318 g/mol. The molecule has 0 aliphatic carbocycles. The van der Waals surface area contributed by atoms with Crippen LogP contribution in [-0.4, -0.2) is 25.1 Å². The first-order valence-corrected chi connectivity index (χ1v) is 7.92. The van der Waals surface area contributed by atoms with Crippen LogP contribution in [0, 0.1) is 0 Å². The molecule has 0 spiro atoms. The van der Waals surface area contributed by atoms with E-state index < -0.39 is 5.97 Å². The van der Waals surface area contributed by atoms with E-state index in [9.17, 15) is 9.59 Å². The summed E-state index contributed by atoms with van der Waals surface area (Å²) < 4.78 is 10.3. The summed E-state index contributed by atoms with van der Waals surface area (Å²) in [6.45, 7) is 3.92. The lowest BCUT2D eigenvalue weighted by molar-refractivity contribution is -0.111. The van der Waals surface area contributed by atoms with Crippen molar-refractivity contribution < 1.29 is 19.1 Å². The number of hydrogen-bond donors (Lipinski definition) is 1. The van der Waals surface area contributed by atoms with E-state index in [0.29, 0.717) is 11.3 Å². The monoisotopic (exact) mass is 339 g/mol. The maximum atomic E-state index is 12.0. The van der Waals surface area contributed by atoms with Crippen LogP contribution in [-0.2, 0) is 9.53 Å². The van der Waals surface area contributed by atoms with Crippen molar-refractivity contribution >= 4 is 23.6 Å². The molecule has 5 nitrogen and oxygen atoms in total. The molecule has 0 unspecified atom stereocenters. The molecule has 0 radical (unpaired) electrons. The van der Waals surface area contributed by atoms with Crippen molar-refractivity contribution in [3.05, 3.63) is 65.7 Å². The van der Waals surface area contributed by atoms with Crippen molar-refractivity contribution in [2.75, 3.05) is 12.4 Å². The van der Waals surface area contributed by atoms with Gasteiger partial charge in [0.1, 0.15) is 5.75 Å². The molecule has 0 aliphatic rings. The molecule has 130 valence electrons. The van der Waals surface area contributed by atoms with Gasteiger partial charge < -0.3 is 14.8 Å². The Kier molecular flexibility index (Phi) is 6.34. The Morgan fingerprint density at radius 1 is 1.08 bits per heavy atom. The zero-order valence-corrected chi connectivity index (χ0v) is 14.5. The average molecular weight is 339 g/mol. The molecule has 1 N–H and O–H groups in total. The number of carbonyl (C=O) groups excluding carboxylic acids is 2. The third-order valence-electron chi connectivity index (χ3n) is 3.23. The lowest BCUT2D eigenvalue weighted by Gasteiger charge is -2.09. The summed E-state index contributed by atoms with van der Waals surface area (Å²) in [6, 6.07) is 14.0. The number of benzene rings is 2. The molecule has 0 aliphatic heterocycles. The van der Waals surface area contributed by atoms with Crippen LogP contribution in [0.2, 0.25) is 0 Å². The largest absolute Gasteiger partial charge is 0.491 e. The predicted molar refractivity (Wildman–Crippen MR) is 97.7 cm³/mol. The van der Waals surface area contributed by atoms with Gasteiger partial charge in [0.05, 0.1) is 18.8 Å². The molecule has 2 rings (SSSR count). The standard InChI is InChI=1S/C20H21NO4/c1-14(2)25-18-6-4-5-15(13-18)7-12-19(22)21-17-10-8-16(9-11-17)20(23)24-3/h4-14H,1-3H3,(H,21,22)/b12-7+. The molecule has 0 fully saturated rings. The van der Waals surface area contributed by atoms with E-state index in [0.717, 1.165) is 11.3 Å². The fourth-order valence-corrected chi connectivity index (χ4v) is 2.13. The van der Waals surface area contributed by atoms with E-state index >= 15 is 0 Å². The summed E-state index contributed by atoms with van der Waals surface area (Å²) in [5.41, 5.74) is 1.89. The molecule has 0 saturated carbocycles. The van der Waals surface area contributed by atoms with Gasteiger partial charge in [0.15, 0.2) is 0 Å². The number of methoxy groups -OCH3 is 1. The molecule has 2 aromatic rings. The number of ether oxygens (including phenoxy) is 2. The second kappa shape index (κ2) is 8.68. The summed E-state index contributed by atoms with van der Waals surface area (Å²) in [6.07, 6.45) is 3.25. The van der Waals surface area contributed by atoms with E-state index in [1.165, 1.54) is 13.2 Å². The Balaban J connectivity index is 1.97. The van der Waals surface area contributed by atoms with Crippen LogP contribution in [0.4, 0.5) is 5.69 Å². The van der Waals surface area contributed by atoms with Gasteiger partial charge in [-0.3, -0.25) is 4.79 Å². The van der Waals surface area contributed by atoms with Gasteiger partial charge in [-0.15, -0.1) is 0 Å². The Morgan fingerprint density at radius 3 is 2.44 bits per heavy atom. The highest BCUT2D eigenvalue weighted by Gasteiger charge is 2.05. The highest BCUT2D eigenvalue weighted by Crippen LogP contribution is 2.16. The Morgan fingerprint density at radius 2 is 1.80 bits per heavy atom. The van der Waals surface area contributed by atoms with E-state index in [4.69, 9.17) is 4.74 Å². The molecule has 5 heteroatoms. The van der Waals surface area contributed by atoms with Crippen molar-refractivity contribution in [1.82, 2.24) is 0 Å². The van der Waals surface area contributed by atoms with Crippen LogP contribution in [0.5, 0.6) is 5.75 Å². The lowest BCUT2D eigenvalue weighted by Crippen LogP contribution is -2.08. The number of carbonyl (C=O) groups is 2. The van der Waals surface area contributed by atoms with Crippen LogP contribution in [0.3, 0.4) is 0 Å². The highest BCUT2D eigenvalue weighted by atomic mass is 16.5. The molecule has 25 heavy (non-hydrogen) atoms. The normalized spacial score (nSPS) is 10.7. The smallest absolute Gasteiger partial charge is 0.337 e. The van der Waals surface area contributed by atoms with Crippen LogP contribution in [0.1, 0.15) is 29.8 Å². The number of anilines is 1. The number of rotatable bonds is 6. The molecular formula is C20H21NO4. The average Bonchev–Trinajstić information content (AvgIpc) is 2.60. The molecule has 0 heterocycles. The molecule has 2 aromatic carbocycles. The highest BCUT2D eigenvalue weighted by molar-refractivity contribution is 6.02. The van der Waals surface area contributed by atoms with E-state index in [-0.39, 0.29) is 12.0 Å². The minimum atomic E-state index is -0.415. The summed E-state index contributed by atoms with van der Waals surface area (Å²) >= 11 is 0. The minimum Gasteiger partial charge on any atom is -0.491 e. The Hall–Kier alpha value is -3.08. The fourth-order valence-electron chi connectivity index (χ4n) is 2.13. The Labute approximate surface area is 147 Å². The topological polar surface area (TPSA) is 64.6 Å². The quantitative estimate of drug-likeness (QED) is 0.640. The van der Waals surface area contributed by atoms with Gasteiger partial charge in [0.25, 0.3) is 0 Å². The summed E-state index contributed by atoms with van der Waals surface area (Å²) in [4.78, 5) is 23.4. The fraction of sp³-hybridized carbons (Fsp3) is 0.200. The first-order chi connectivity index (χ1) is 12.0. The van der Waals surface area contributed by atoms with Crippen molar-refractivity contribution in [1.29, 1.82) is 0 Å². The van der Waals surface area contributed by atoms with Crippen LogP contribution in [0.25, 0.3) is 6.08 Å². The van der Waals surface area contributed by atoms with Gasteiger partial charge in [-0.25, -0.2) is 4.79 Å². The molecule has 0 aromatic heterocycles. The summed E-state index contributed by atoms with van der Waals surface area (Å²) in [5.74, 6) is 0.0817. The van der Waals surface area contributed by atoms with Gasteiger partial charge in [-0.2, -0.15) is 0 Å². The van der Waals surface area contributed by atoms with Gasteiger partial charge in [0, 0.05) is 11.8 Å². The molecule has 1 amide bonds. The minimum absolute atomic E-state index is 0.0930. The summed E-state index contributed by atoms with van der Waals surface area (Å²) in [5, 5.41) is 2.73. The van der Waals surface area contributed by atoms with Gasteiger partial charge in [0.2, 0.25) is 5.91 Å². The first-order valence-electron chi connectivity index (χ1n) is 7.92. The van der Waals surface area contributed by atoms with Crippen molar-refractivity contribution in [3.63, 3.8) is 0 Å². The first kappa shape index (κ1) is 18.3. The molecule has 0 saturated heterocycles. The van der Waals surface area contributed by atoms with Gasteiger partial charge >= 0.3 is 5.97 Å². The second-order valence-electron chi connectivity index (χ2n) is 5.63.